The first kappa shape index (κ1) is 14.3. The summed E-state index contributed by atoms with van der Waals surface area (Å²) in [7, 11) is 0. The van der Waals surface area contributed by atoms with Gasteiger partial charge in [-0.3, -0.25) is 4.79 Å². The fraction of sp³-hybridized carbons (Fsp3) is 0.235. The fourth-order valence-corrected chi connectivity index (χ4v) is 1.98. The Morgan fingerprint density at radius 1 is 0.950 bits per heavy atom. The number of amides is 1. The lowest BCUT2D eigenvalue weighted by atomic mass is 10.0. The molecule has 1 amide bonds. The van der Waals surface area contributed by atoms with Gasteiger partial charge in [0.05, 0.1) is 0 Å². The number of hydrogen-bond acceptors (Lipinski definition) is 2. The third-order valence-electron chi connectivity index (χ3n) is 3.29. The molecule has 0 saturated carbocycles. The molecule has 3 N–H and O–H groups in total. The first-order valence-electron chi connectivity index (χ1n) is 6.79. The number of anilines is 1. The van der Waals surface area contributed by atoms with Crippen LogP contribution in [0.15, 0.2) is 54.6 Å². The molecule has 0 aliphatic rings. The van der Waals surface area contributed by atoms with Crippen molar-refractivity contribution in [2.75, 3.05) is 5.32 Å². The molecule has 0 aromatic heterocycles. The van der Waals surface area contributed by atoms with Gasteiger partial charge < -0.3 is 11.1 Å². The number of hydrogen-bond donors (Lipinski definition) is 2. The van der Waals surface area contributed by atoms with Gasteiger partial charge in [0.25, 0.3) is 0 Å². The largest absolute Gasteiger partial charge is 0.324 e. The molecule has 0 spiro atoms. The SMILES string of the molecule is CC(C)c1ccc(NC(=O)[C@@H](N)c2ccccc2)cc1. The standard InChI is InChI=1S/C17H20N2O/c1-12(2)13-8-10-15(11-9-13)19-17(20)16(18)14-6-4-3-5-7-14/h3-12,16H,18H2,1-2H3,(H,19,20)/t16-/m0/s1. The molecule has 0 fully saturated rings. The van der Waals surface area contributed by atoms with E-state index < -0.39 is 6.04 Å². The number of rotatable bonds is 4. The third-order valence-corrected chi connectivity index (χ3v) is 3.29. The summed E-state index contributed by atoms with van der Waals surface area (Å²) in [6.45, 7) is 4.28. The highest BCUT2D eigenvalue weighted by atomic mass is 16.2. The first-order valence-corrected chi connectivity index (χ1v) is 6.79. The summed E-state index contributed by atoms with van der Waals surface area (Å²) in [5.41, 5.74) is 8.78. The van der Waals surface area contributed by atoms with Gasteiger partial charge in [-0.2, -0.15) is 0 Å². The van der Waals surface area contributed by atoms with Gasteiger partial charge in [0.2, 0.25) is 5.91 Å². The van der Waals surface area contributed by atoms with Crippen LogP contribution in [-0.2, 0) is 4.79 Å². The van der Waals surface area contributed by atoms with Crippen LogP contribution in [0.4, 0.5) is 5.69 Å². The van der Waals surface area contributed by atoms with Crippen molar-refractivity contribution in [2.24, 2.45) is 5.73 Å². The molecule has 20 heavy (non-hydrogen) atoms. The first-order chi connectivity index (χ1) is 9.58. The summed E-state index contributed by atoms with van der Waals surface area (Å²) in [6.07, 6.45) is 0. The highest BCUT2D eigenvalue weighted by molar-refractivity contribution is 5.95. The van der Waals surface area contributed by atoms with Gasteiger partial charge in [-0.25, -0.2) is 0 Å². The van der Waals surface area contributed by atoms with Gasteiger partial charge in [-0.05, 0) is 29.2 Å². The average molecular weight is 268 g/mol. The van der Waals surface area contributed by atoms with E-state index >= 15 is 0 Å². The van der Waals surface area contributed by atoms with Crippen molar-refractivity contribution in [3.05, 3.63) is 65.7 Å². The highest BCUT2D eigenvalue weighted by Crippen LogP contribution is 2.18. The summed E-state index contributed by atoms with van der Waals surface area (Å²) in [5.74, 6) is 0.278. The molecular formula is C17H20N2O. The predicted molar refractivity (Wildman–Crippen MR) is 82.5 cm³/mol. The molecule has 2 rings (SSSR count). The molecule has 0 radical (unpaired) electrons. The van der Waals surface area contributed by atoms with E-state index in [1.54, 1.807) is 0 Å². The molecule has 2 aromatic rings. The Bertz CT molecular complexity index is 561. The average Bonchev–Trinajstić information content (AvgIpc) is 2.48. The van der Waals surface area contributed by atoms with Crippen LogP contribution in [-0.4, -0.2) is 5.91 Å². The molecular weight excluding hydrogens is 248 g/mol. The Morgan fingerprint density at radius 3 is 2.10 bits per heavy atom. The van der Waals surface area contributed by atoms with E-state index in [0.29, 0.717) is 5.92 Å². The summed E-state index contributed by atoms with van der Waals surface area (Å²) >= 11 is 0. The second-order valence-corrected chi connectivity index (χ2v) is 5.15. The lowest BCUT2D eigenvalue weighted by Crippen LogP contribution is -2.27. The Morgan fingerprint density at radius 2 is 1.55 bits per heavy atom. The lowest BCUT2D eigenvalue weighted by Gasteiger charge is -2.13. The van der Waals surface area contributed by atoms with Crippen LogP contribution < -0.4 is 11.1 Å². The Balaban J connectivity index is 2.04. The second-order valence-electron chi connectivity index (χ2n) is 5.15. The summed E-state index contributed by atoms with van der Waals surface area (Å²) < 4.78 is 0. The highest BCUT2D eigenvalue weighted by Gasteiger charge is 2.15. The maximum absolute atomic E-state index is 12.1. The minimum atomic E-state index is -0.652. The van der Waals surface area contributed by atoms with Crippen molar-refractivity contribution in [3.63, 3.8) is 0 Å². The van der Waals surface area contributed by atoms with Crippen LogP contribution in [0, 0.1) is 0 Å². The molecule has 1 atom stereocenters. The summed E-state index contributed by atoms with van der Waals surface area (Å²) in [6, 6.07) is 16.6. The number of nitrogens with two attached hydrogens (primary N) is 1. The molecule has 3 heteroatoms. The molecule has 0 saturated heterocycles. The topological polar surface area (TPSA) is 55.1 Å². The molecule has 0 aliphatic carbocycles. The van der Waals surface area contributed by atoms with E-state index in [1.165, 1.54) is 5.56 Å². The zero-order valence-corrected chi connectivity index (χ0v) is 11.8. The van der Waals surface area contributed by atoms with Gasteiger partial charge in [-0.1, -0.05) is 56.3 Å². The minimum Gasteiger partial charge on any atom is -0.324 e. The maximum Gasteiger partial charge on any atom is 0.245 e. The van der Waals surface area contributed by atoms with Crippen LogP contribution >= 0.6 is 0 Å². The van der Waals surface area contributed by atoms with Crippen LogP contribution in [0.3, 0.4) is 0 Å². The Kier molecular flexibility index (Phi) is 4.53. The van der Waals surface area contributed by atoms with E-state index in [9.17, 15) is 4.79 Å². The Hall–Kier alpha value is -2.13. The number of carbonyl (C=O) groups excluding carboxylic acids is 1. The van der Waals surface area contributed by atoms with Gasteiger partial charge >= 0.3 is 0 Å². The van der Waals surface area contributed by atoms with Crippen molar-refractivity contribution in [2.45, 2.75) is 25.8 Å². The maximum atomic E-state index is 12.1. The quantitative estimate of drug-likeness (QED) is 0.892. The van der Waals surface area contributed by atoms with E-state index in [2.05, 4.69) is 19.2 Å². The molecule has 0 aliphatic heterocycles. The monoisotopic (exact) mass is 268 g/mol. The molecule has 0 unspecified atom stereocenters. The van der Waals surface area contributed by atoms with Crippen LogP contribution in [0.25, 0.3) is 0 Å². The van der Waals surface area contributed by atoms with Gasteiger partial charge in [0.1, 0.15) is 6.04 Å². The Labute approximate surface area is 119 Å². The van der Waals surface area contributed by atoms with Crippen molar-refractivity contribution >= 4 is 11.6 Å². The summed E-state index contributed by atoms with van der Waals surface area (Å²) in [5, 5.41) is 2.84. The molecule has 104 valence electrons. The predicted octanol–water partition coefficient (Wildman–Crippen LogP) is 3.45. The van der Waals surface area contributed by atoms with E-state index in [0.717, 1.165) is 11.3 Å². The molecule has 2 aromatic carbocycles. The molecule has 0 bridgehead atoms. The second kappa shape index (κ2) is 6.35. The van der Waals surface area contributed by atoms with Gasteiger partial charge in [0.15, 0.2) is 0 Å². The van der Waals surface area contributed by atoms with Gasteiger partial charge in [-0.15, -0.1) is 0 Å². The number of carbonyl (C=O) groups is 1. The van der Waals surface area contributed by atoms with Crippen molar-refractivity contribution in [3.8, 4) is 0 Å². The lowest BCUT2D eigenvalue weighted by molar-refractivity contribution is -0.117. The van der Waals surface area contributed by atoms with Crippen LogP contribution in [0.5, 0.6) is 0 Å². The van der Waals surface area contributed by atoms with E-state index in [1.807, 2.05) is 54.6 Å². The van der Waals surface area contributed by atoms with E-state index in [-0.39, 0.29) is 5.91 Å². The zero-order valence-electron chi connectivity index (χ0n) is 11.8. The van der Waals surface area contributed by atoms with Crippen molar-refractivity contribution in [1.82, 2.24) is 0 Å². The van der Waals surface area contributed by atoms with Gasteiger partial charge in [0, 0.05) is 5.69 Å². The summed E-state index contributed by atoms with van der Waals surface area (Å²) in [4.78, 5) is 12.1. The smallest absolute Gasteiger partial charge is 0.245 e. The van der Waals surface area contributed by atoms with Crippen molar-refractivity contribution in [1.29, 1.82) is 0 Å². The zero-order chi connectivity index (χ0) is 14.5. The molecule has 3 nitrogen and oxygen atoms in total. The minimum absolute atomic E-state index is 0.200. The molecule has 0 heterocycles. The number of benzene rings is 2. The van der Waals surface area contributed by atoms with Crippen LogP contribution in [0.1, 0.15) is 36.9 Å². The normalized spacial score (nSPS) is 12.2. The number of nitrogens with one attached hydrogen (secondary N) is 1. The van der Waals surface area contributed by atoms with Crippen LogP contribution in [0.2, 0.25) is 0 Å². The van der Waals surface area contributed by atoms with E-state index in [4.69, 9.17) is 5.73 Å². The fourth-order valence-electron chi connectivity index (χ4n) is 1.98. The van der Waals surface area contributed by atoms with Crippen molar-refractivity contribution < 1.29 is 4.79 Å². The third kappa shape index (κ3) is 3.45.